The van der Waals surface area contributed by atoms with Gasteiger partial charge in [0.15, 0.2) is 12.2 Å². The van der Waals surface area contributed by atoms with Crippen molar-refractivity contribution in [2.24, 2.45) is 0 Å². The largest absolute Gasteiger partial charge is 0.444 e. The van der Waals surface area contributed by atoms with Crippen LogP contribution in [0.5, 0.6) is 0 Å². The first-order valence-electron chi connectivity index (χ1n) is 5.14. The number of nitrogens with zero attached hydrogens (tertiary/aromatic N) is 1. The molecule has 5 heteroatoms. The van der Waals surface area contributed by atoms with E-state index in [0.29, 0.717) is 17.5 Å². The van der Waals surface area contributed by atoms with Crippen molar-refractivity contribution in [3.05, 3.63) is 36.9 Å². The molecular formula is C12H11BrN2O2. The summed E-state index contributed by atoms with van der Waals surface area (Å²) in [5, 5.41) is 3.47. The number of amides is 1. The summed E-state index contributed by atoms with van der Waals surface area (Å²) in [4.78, 5) is 15.3. The molecule has 2 rings (SSSR count). The van der Waals surface area contributed by atoms with Gasteiger partial charge < -0.3 is 9.73 Å². The molecule has 4 nitrogen and oxygen atoms in total. The van der Waals surface area contributed by atoms with Crippen molar-refractivity contribution < 1.29 is 9.21 Å². The number of rotatable bonds is 4. The van der Waals surface area contributed by atoms with E-state index in [1.165, 1.54) is 6.39 Å². The normalized spacial score (nSPS) is 10.2. The van der Waals surface area contributed by atoms with Crippen LogP contribution in [0.4, 0.5) is 5.69 Å². The van der Waals surface area contributed by atoms with Crippen molar-refractivity contribution in [2.75, 3.05) is 10.6 Å². The molecule has 1 aromatic heterocycles. The fourth-order valence-electron chi connectivity index (χ4n) is 1.42. The van der Waals surface area contributed by atoms with E-state index in [-0.39, 0.29) is 5.91 Å². The number of oxazole rings is 1. The van der Waals surface area contributed by atoms with Crippen molar-refractivity contribution >= 4 is 27.5 Å². The summed E-state index contributed by atoms with van der Waals surface area (Å²) in [5.41, 5.74) is 1.64. The van der Waals surface area contributed by atoms with Crippen LogP contribution in [0.3, 0.4) is 0 Å². The molecule has 0 aliphatic heterocycles. The highest BCUT2D eigenvalue weighted by Gasteiger charge is 2.04. The first kappa shape index (κ1) is 11.9. The van der Waals surface area contributed by atoms with Gasteiger partial charge in [-0.25, -0.2) is 4.98 Å². The fraction of sp³-hybridized carbons (Fsp3) is 0.167. The van der Waals surface area contributed by atoms with Gasteiger partial charge in [0.05, 0.1) is 6.20 Å². The zero-order valence-electron chi connectivity index (χ0n) is 9.02. The number of aromatic nitrogens is 1. The van der Waals surface area contributed by atoms with Crippen molar-refractivity contribution in [3.63, 3.8) is 0 Å². The van der Waals surface area contributed by atoms with Gasteiger partial charge in [0, 0.05) is 23.0 Å². The number of hydrogen-bond acceptors (Lipinski definition) is 3. The van der Waals surface area contributed by atoms with E-state index in [9.17, 15) is 4.79 Å². The van der Waals surface area contributed by atoms with Crippen molar-refractivity contribution in [2.45, 2.75) is 6.42 Å². The van der Waals surface area contributed by atoms with Crippen LogP contribution in [0, 0.1) is 0 Å². The van der Waals surface area contributed by atoms with Crippen LogP contribution >= 0.6 is 15.9 Å². The predicted molar refractivity (Wildman–Crippen MR) is 69.0 cm³/mol. The Hall–Kier alpha value is -1.62. The molecule has 1 amide bonds. The Morgan fingerprint density at radius 3 is 3.06 bits per heavy atom. The van der Waals surface area contributed by atoms with Crippen LogP contribution in [0.25, 0.3) is 11.3 Å². The molecule has 0 aliphatic rings. The standard InChI is InChI=1S/C12H11BrN2O2/c13-5-4-12(16)15-10-3-1-2-9(6-10)11-7-14-8-17-11/h1-3,6-8H,4-5H2,(H,15,16). The molecule has 0 atom stereocenters. The Bertz CT molecular complexity index is 497. The number of carbonyl (C=O) groups excluding carboxylic acids is 1. The van der Waals surface area contributed by atoms with Gasteiger partial charge in [0.25, 0.3) is 0 Å². The predicted octanol–water partition coefficient (Wildman–Crippen LogP) is 3.07. The van der Waals surface area contributed by atoms with E-state index in [1.54, 1.807) is 6.20 Å². The van der Waals surface area contributed by atoms with Gasteiger partial charge in [-0.05, 0) is 12.1 Å². The van der Waals surface area contributed by atoms with E-state index in [4.69, 9.17) is 4.42 Å². The molecule has 0 saturated heterocycles. The number of halogens is 1. The van der Waals surface area contributed by atoms with E-state index in [2.05, 4.69) is 26.2 Å². The van der Waals surface area contributed by atoms with E-state index in [0.717, 1.165) is 11.3 Å². The van der Waals surface area contributed by atoms with Gasteiger partial charge >= 0.3 is 0 Å². The van der Waals surface area contributed by atoms with Crippen LogP contribution in [-0.2, 0) is 4.79 Å². The van der Waals surface area contributed by atoms with Gasteiger partial charge in [-0.1, -0.05) is 28.1 Å². The highest BCUT2D eigenvalue weighted by molar-refractivity contribution is 9.09. The quantitative estimate of drug-likeness (QED) is 0.882. The summed E-state index contributed by atoms with van der Waals surface area (Å²) < 4.78 is 5.20. The number of nitrogens with one attached hydrogen (secondary N) is 1. The van der Waals surface area contributed by atoms with Gasteiger partial charge in [-0.3, -0.25) is 4.79 Å². The number of benzene rings is 1. The van der Waals surface area contributed by atoms with E-state index in [1.807, 2.05) is 24.3 Å². The van der Waals surface area contributed by atoms with Crippen LogP contribution in [0.15, 0.2) is 41.3 Å². The topological polar surface area (TPSA) is 55.1 Å². The Balaban J connectivity index is 2.15. The van der Waals surface area contributed by atoms with Crippen LogP contribution in [0.2, 0.25) is 0 Å². The summed E-state index contributed by atoms with van der Waals surface area (Å²) in [7, 11) is 0. The minimum Gasteiger partial charge on any atom is -0.444 e. The average molecular weight is 295 g/mol. The fourth-order valence-corrected chi connectivity index (χ4v) is 1.78. The molecule has 0 unspecified atom stereocenters. The molecular weight excluding hydrogens is 284 g/mol. The van der Waals surface area contributed by atoms with Crippen LogP contribution < -0.4 is 5.32 Å². The van der Waals surface area contributed by atoms with Gasteiger partial charge in [-0.15, -0.1) is 0 Å². The molecule has 1 aromatic carbocycles. The maximum atomic E-state index is 11.4. The van der Waals surface area contributed by atoms with E-state index < -0.39 is 0 Å². The summed E-state index contributed by atoms with van der Waals surface area (Å²) in [6.07, 6.45) is 3.47. The summed E-state index contributed by atoms with van der Waals surface area (Å²) in [6, 6.07) is 7.46. The first-order chi connectivity index (χ1) is 8.29. The van der Waals surface area contributed by atoms with Crippen molar-refractivity contribution in [1.82, 2.24) is 4.98 Å². The minimum absolute atomic E-state index is 0.0170. The molecule has 1 heterocycles. The lowest BCUT2D eigenvalue weighted by molar-refractivity contribution is -0.115. The highest BCUT2D eigenvalue weighted by Crippen LogP contribution is 2.22. The minimum atomic E-state index is -0.0170. The number of hydrogen-bond donors (Lipinski definition) is 1. The Morgan fingerprint density at radius 1 is 1.47 bits per heavy atom. The van der Waals surface area contributed by atoms with Gasteiger partial charge in [-0.2, -0.15) is 0 Å². The lowest BCUT2D eigenvalue weighted by Crippen LogP contribution is -2.11. The smallest absolute Gasteiger partial charge is 0.225 e. The molecule has 0 aliphatic carbocycles. The second kappa shape index (κ2) is 5.63. The second-order valence-electron chi connectivity index (χ2n) is 3.43. The summed E-state index contributed by atoms with van der Waals surface area (Å²) in [6.45, 7) is 0. The lowest BCUT2D eigenvalue weighted by Gasteiger charge is -2.05. The third kappa shape index (κ3) is 3.17. The first-order valence-corrected chi connectivity index (χ1v) is 6.26. The summed E-state index contributed by atoms with van der Waals surface area (Å²) >= 11 is 3.23. The lowest BCUT2D eigenvalue weighted by atomic mass is 10.1. The molecule has 0 fully saturated rings. The maximum Gasteiger partial charge on any atom is 0.225 e. The zero-order chi connectivity index (χ0) is 12.1. The number of carbonyl (C=O) groups is 1. The molecule has 17 heavy (non-hydrogen) atoms. The average Bonchev–Trinajstić information content (AvgIpc) is 2.83. The van der Waals surface area contributed by atoms with Gasteiger partial charge in [0.1, 0.15) is 0 Å². The van der Waals surface area contributed by atoms with Crippen molar-refractivity contribution in [1.29, 1.82) is 0 Å². The Kier molecular flexibility index (Phi) is 3.93. The molecule has 1 N–H and O–H groups in total. The van der Waals surface area contributed by atoms with Crippen LogP contribution in [-0.4, -0.2) is 16.2 Å². The molecule has 0 radical (unpaired) electrons. The maximum absolute atomic E-state index is 11.4. The Morgan fingerprint density at radius 2 is 2.35 bits per heavy atom. The SMILES string of the molecule is O=C(CCBr)Nc1cccc(-c2cnco2)c1. The summed E-state index contributed by atoms with van der Waals surface area (Å²) in [5.74, 6) is 0.665. The molecule has 2 aromatic rings. The van der Waals surface area contributed by atoms with Crippen LogP contribution in [0.1, 0.15) is 6.42 Å². The molecule has 0 spiro atoms. The second-order valence-corrected chi connectivity index (χ2v) is 4.23. The number of anilines is 1. The molecule has 88 valence electrons. The Labute approximate surface area is 107 Å². The monoisotopic (exact) mass is 294 g/mol. The van der Waals surface area contributed by atoms with E-state index >= 15 is 0 Å². The molecule has 0 saturated carbocycles. The van der Waals surface area contributed by atoms with Crippen molar-refractivity contribution in [3.8, 4) is 11.3 Å². The highest BCUT2D eigenvalue weighted by atomic mass is 79.9. The molecule has 0 bridgehead atoms. The third-order valence-electron chi connectivity index (χ3n) is 2.18. The zero-order valence-corrected chi connectivity index (χ0v) is 10.6. The number of alkyl halides is 1. The van der Waals surface area contributed by atoms with Gasteiger partial charge in [0.2, 0.25) is 5.91 Å². The third-order valence-corrected chi connectivity index (χ3v) is 2.58.